The van der Waals surface area contributed by atoms with E-state index in [-0.39, 0.29) is 17.9 Å². The molecule has 2 amide bonds. The van der Waals surface area contributed by atoms with Gasteiger partial charge in [0.1, 0.15) is 23.5 Å². The number of pyridine rings is 1. The number of hydrogen-bond acceptors (Lipinski definition) is 8. The number of anilines is 2. The van der Waals surface area contributed by atoms with Gasteiger partial charge in [-0.1, -0.05) is 34.1 Å². The first-order valence-corrected chi connectivity index (χ1v) is 16.3. The van der Waals surface area contributed by atoms with Gasteiger partial charge in [0.2, 0.25) is 5.91 Å². The van der Waals surface area contributed by atoms with E-state index in [2.05, 4.69) is 69.3 Å². The van der Waals surface area contributed by atoms with Gasteiger partial charge in [0.15, 0.2) is 0 Å². The number of allylic oxidation sites excluding steroid dienone is 1. The number of piperidine rings is 1. The number of benzene rings is 1. The third kappa shape index (κ3) is 8.53. The molecular weight excluding hydrogens is 636 g/mol. The summed E-state index contributed by atoms with van der Waals surface area (Å²) in [7, 11) is 1.69. The maximum Gasteiger partial charge on any atom is 0.274 e. The minimum atomic E-state index is -0.270. The fourth-order valence-electron chi connectivity index (χ4n) is 5.55. The standard InChI is InChI=1S/C33H39BrN8O3/c1-3-42(16-17-45-2)32-27-19-28(40-31(27)36-22-37-32)24-8-10-25(11-9-24)39-33(44)29-18-23(12-14-35-29)20-41-15-5-6-26(21-41)38-30(43)7-4-13-34/h4,7-12,14,18-19,22,26H,3,5-6,13,15-17,20-21H2,1-2H3,(H,38,43)(H,39,44)(H,36,37,40)/b7-4+. The van der Waals surface area contributed by atoms with Crippen molar-refractivity contribution in [3.63, 3.8) is 0 Å². The van der Waals surface area contributed by atoms with Crippen LogP contribution < -0.4 is 15.5 Å². The molecule has 236 valence electrons. The number of hydrogen-bond donors (Lipinski definition) is 3. The molecule has 1 fully saturated rings. The second kappa shape index (κ2) is 15.7. The number of likely N-dealkylation sites (tertiary alicyclic amines) is 1. The van der Waals surface area contributed by atoms with E-state index in [4.69, 9.17) is 4.74 Å². The van der Waals surface area contributed by atoms with Gasteiger partial charge in [0, 0.05) is 62.2 Å². The Hall–Kier alpha value is -4.13. The summed E-state index contributed by atoms with van der Waals surface area (Å²) in [5.74, 6) is 0.526. The summed E-state index contributed by atoms with van der Waals surface area (Å²) in [6, 6.07) is 13.6. The van der Waals surface area contributed by atoms with Gasteiger partial charge in [-0.3, -0.25) is 19.5 Å². The van der Waals surface area contributed by atoms with Crippen LogP contribution >= 0.6 is 15.9 Å². The smallest absolute Gasteiger partial charge is 0.274 e. The van der Waals surface area contributed by atoms with Crippen molar-refractivity contribution < 1.29 is 14.3 Å². The van der Waals surface area contributed by atoms with E-state index in [0.717, 1.165) is 72.7 Å². The van der Waals surface area contributed by atoms with Crippen molar-refractivity contribution >= 4 is 50.3 Å². The summed E-state index contributed by atoms with van der Waals surface area (Å²) in [5.41, 5.74) is 4.68. The molecule has 1 aliphatic rings. The predicted molar refractivity (Wildman–Crippen MR) is 181 cm³/mol. The van der Waals surface area contributed by atoms with E-state index in [1.165, 1.54) is 0 Å². The lowest BCUT2D eigenvalue weighted by Crippen LogP contribution is -2.47. The van der Waals surface area contributed by atoms with Crippen LogP contribution in [-0.2, 0) is 16.1 Å². The van der Waals surface area contributed by atoms with Gasteiger partial charge < -0.3 is 25.3 Å². The molecule has 1 aromatic carbocycles. The van der Waals surface area contributed by atoms with E-state index in [1.54, 1.807) is 31.8 Å². The van der Waals surface area contributed by atoms with Gasteiger partial charge in [-0.2, -0.15) is 0 Å². The largest absolute Gasteiger partial charge is 0.383 e. The number of nitrogens with zero attached hydrogens (tertiary/aromatic N) is 5. The third-order valence-corrected chi connectivity index (χ3v) is 8.15. The Morgan fingerprint density at radius 2 is 2.02 bits per heavy atom. The van der Waals surface area contributed by atoms with E-state index in [0.29, 0.717) is 29.9 Å². The van der Waals surface area contributed by atoms with Crippen LogP contribution in [0.15, 0.2) is 67.1 Å². The maximum absolute atomic E-state index is 13.1. The van der Waals surface area contributed by atoms with E-state index >= 15 is 0 Å². The first kappa shape index (κ1) is 32.3. The summed E-state index contributed by atoms with van der Waals surface area (Å²) < 4.78 is 5.27. The lowest BCUT2D eigenvalue weighted by atomic mass is 10.0. The number of fused-ring (bicyclic) bond motifs is 1. The predicted octanol–water partition coefficient (Wildman–Crippen LogP) is 4.78. The van der Waals surface area contributed by atoms with Crippen LogP contribution in [0, 0.1) is 0 Å². The van der Waals surface area contributed by atoms with Crippen LogP contribution in [0.3, 0.4) is 0 Å². The molecule has 0 spiro atoms. The van der Waals surface area contributed by atoms with Gasteiger partial charge in [-0.15, -0.1) is 0 Å². The molecule has 0 bridgehead atoms. The molecular formula is C33H39BrN8O3. The fraction of sp³-hybridized carbons (Fsp3) is 0.364. The average Bonchev–Trinajstić information content (AvgIpc) is 3.50. The van der Waals surface area contributed by atoms with Crippen molar-refractivity contribution in [2.24, 2.45) is 0 Å². The highest BCUT2D eigenvalue weighted by atomic mass is 79.9. The zero-order valence-electron chi connectivity index (χ0n) is 25.6. The van der Waals surface area contributed by atoms with Gasteiger partial charge >= 0.3 is 0 Å². The van der Waals surface area contributed by atoms with Gasteiger partial charge in [0.25, 0.3) is 5.91 Å². The molecule has 0 aliphatic carbocycles. The lowest BCUT2D eigenvalue weighted by molar-refractivity contribution is -0.117. The van der Waals surface area contributed by atoms with E-state index in [1.807, 2.05) is 36.4 Å². The summed E-state index contributed by atoms with van der Waals surface area (Å²) in [6.45, 7) is 6.62. The summed E-state index contributed by atoms with van der Waals surface area (Å²) in [6.07, 6.45) is 8.55. The first-order valence-electron chi connectivity index (χ1n) is 15.2. The van der Waals surface area contributed by atoms with Crippen molar-refractivity contribution in [2.45, 2.75) is 32.4 Å². The zero-order chi connectivity index (χ0) is 31.6. The van der Waals surface area contributed by atoms with Crippen LogP contribution in [0.25, 0.3) is 22.3 Å². The number of amides is 2. The van der Waals surface area contributed by atoms with Crippen LogP contribution in [0.2, 0.25) is 0 Å². The molecule has 11 nitrogen and oxygen atoms in total. The average molecular weight is 676 g/mol. The Morgan fingerprint density at radius 1 is 1.18 bits per heavy atom. The number of aromatic nitrogens is 4. The molecule has 12 heteroatoms. The van der Waals surface area contributed by atoms with Gasteiger partial charge in [-0.25, -0.2) is 9.97 Å². The van der Waals surface area contributed by atoms with Crippen molar-refractivity contribution in [2.75, 3.05) is 55.4 Å². The number of ether oxygens (including phenoxy) is 1. The number of alkyl halides is 1. The number of carbonyl (C=O) groups is 2. The summed E-state index contributed by atoms with van der Waals surface area (Å²) in [5, 5.41) is 7.65. The molecule has 5 rings (SSSR count). The number of rotatable bonds is 13. The molecule has 4 heterocycles. The number of nitrogens with one attached hydrogen (secondary N) is 3. The van der Waals surface area contributed by atoms with Gasteiger partial charge in [0.05, 0.1) is 12.0 Å². The number of likely N-dealkylation sites (N-methyl/N-ethyl adjacent to an activating group) is 1. The molecule has 3 aromatic heterocycles. The highest BCUT2D eigenvalue weighted by molar-refractivity contribution is 9.09. The van der Waals surface area contributed by atoms with Crippen LogP contribution in [0.4, 0.5) is 11.5 Å². The highest BCUT2D eigenvalue weighted by Crippen LogP contribution is 2.29. The molecule has 1 atom stereocenters. The number of methoxy groups -OCH3 is 1. The first-order chi connectivity index (χ1) is 22.0. The number of aromatic amines is 1. The number of H-pyrrole nitrogens is 1. The molecule has 1 unspecified atom stereocenters. The summed E-state index contributed by atoms with van der Waals surface area (Å²) >= 11 is 3.30. The van der Waals surface area contributed by atoms with Crippen molar-refractivity contribution in [1.82, 2.24) is 30.2 Å². The molecule has 1 aliphatic heterocycles. The van der Waals surface area contributed by atoms with Crippen molar-refractivity contribution in [1.29, 1.82) is 0 Å². The molecule has 45 heavy (non-hydrogen) atoms. The number of carbonyl (C=O) groups excluding carboxylic acids is 2. The second-order valence-corrected chi connectivity index (χ2v) is 11.6. The zero-order valence-corrected chi connectivity index (χ0v) is 27.2. The molecule has 0 saturated carbocycles. The molecule has 4 aromatic rings. The Morgan fingerprint density at radius 3 is 2.80 bits per heavy atom. The van der Waals surface area contributed by atoms with Crippen molar-refractivity contribution in [3.05, 3.63) is 78.4 Å². The van der Waals surface area contributed by atoms with E-state index in [9.17, 15) is 9.59 Å². The minimum absolute atomic E-state index is 0.0704. The van der Waals surface area contributed by atoms with Crippen LogP contribution in [0.1, 0.15) is 35.8 Å². The third-order valence-electron chi connectivity index (χ3n) is 7.78. The minimum Gasteiger partial charge on any atom is -0.383 e. The van der Waals surface area contributed by atoms with E-state index < -0.39 is 0 Å². The van der Waals surface area contributed by atoms with Crippen LogP contribution in [-0.4, -0.2) is 87.9 Å². The Labute approximate surface area is 271 Å². The Bertz CT molecular complexity index is 1620. The Balaban J connectivity index is 1.21. The summed E-state index contributed by atoms with van der Waals surface area (Å²) in [4.78, 5) is 46.4. The van der Waals surface area contributed by atoms with Gasteiger partial charge in [-0.05, 0) is 73.8 Å². The van der Waals surface area contributed by atoms with Crippen LogP contribution in [0.5, 0.6) is 0 Å². The fourth-order valence-corrected chi connectivity index (χ4v) is 5.74. The lowest BCUT2D eigenvalue weighted by Gasteiger charge is -2.33. The number of halogens is 1. The normalized spacial score (nSPS) is 15.4. The quantitative estimate of drug-likeness (QED) is 0.137. The molecule has 0 radical (unpaired) electrons. The topological polar surface area (TPSA) is 128 Å². The highest BCUT2D eigenvalue weighted by Gasteiger charge is 2.21. The Kier molecular flexibility index (Phi) is 11.3. The van der Waals surface area contributed by atoms with Crippen molar-refractivity contribution in [3.8, 4) is 11.3 Å². The second-order valence-electron chi connectivity index (χ2n) is 10.9. The monoisotopic (exact) mass is 674 g/mol. The maximum atomic E-state index is 13.1. The SMILES string of the molecule is CCN(CCOC)c1ncnc2[nH]c(-c3ccc(NC(=O)c4cc(CN5CCCC(NC(=O)/C=C/CBr)C5)ccn4)cc3)cc12. The molecule has 1 saturated heterocycles. The molecule has 3 N–H and O–H groups in total.